The Balaban J connectivity index is 2.06. The minimum atomic E-state index is -0.457. The van der Waals surface area contributed by atoms with E-state index in [9.17, 15) is 0 Å². The molecule has 0 amide bonds. The summed E-state index contributed by atoms with van der Waals surface area (Å²) in [6.07, 6.45) is 7.60. The van der Waals surface area contributed by atoms with Crippen molar-refractivity contribution in [1.82, 2.24) is 0 Å². The van der Waals surface area contributed by atoms with Crippen molar-refractivity contribution in [3.8, 4) is 18.1 Å². The molecule has 0 saturated carbocycles. The largest absolute Gasteiger partial charge is 0.487 e. The van der Waals surface area contributed by atoms with Crippen molar-refractivity contribution in [2.45, 2.75) is 50.9 Å². The summed E-state index contributed by atoms with van der Waals surface area (Å²) in [4.78, 5) is 0. The SMILES string of the molecule is C#C[C@@]1(C)CC[C@@H]2[C@@H](O1)c1ccccc1OC2(C)C. The lowest BCUT2D eigenvalue weighted by molar-refractivity contribution is -0.169. The number of terminal acetylenes is 1. The average molecular weight is 256 g/mol. The molecule has 2 aliphatic rings. The van der Waals surface area contributed by atoms with Gasteiger partial charge in [-0.25, -0.2) is 0 Å². The van der Waals surface area contributed by atoms with Crippen molar-refractivity contribution in [2.75, 3.05) is 0 Å². The Bertz CT molecular complexity index is 540. The molecule has 2 heterocycles. The highest BCUT2D eigenvalue weighted by atomic mass is 16.5. The molecule has 0 spiro atoms. The van der Waals surface area contributed by atoms with Crippen LogP contribution in [0.2, 0.25) is 0 Å². The van der Waals surface area contributed by atoms with Gasteiger partial charge in [0.05, 0.1) is 6.10 Å². The maximum absolute atomic E-state index is 6.27. The Kier molecular flexibility index (Phi) is 2.66. The zero-order valence-electron chi connectivity index (χ0n) is 11.8. The van der Waals surface area contributed by atoms with Gasteiger partial charge >= 0.3 is 0 Å². The molecule has 0 unspecified atom stereocenters. The van der Waals surface area contributed by atoms with Crippen molar-refractivity contribution in [1.29, 1.82) is 0 Å². The summed E-state index contributed by atoms with van der Waals surface area (Å²) < 4.78 is 12.4. The molecule has 0 bridgehead atoms. The Morgan fingerprint density at radius 3 is 2.74 bits per heavy atom. The number of rotatable bonds is 0. The van der Waals surface area contributed by atoms with Crippen molar-refractivity contribution in [3.63, 3.8) is 0 Å². The maximum Gasteiger partial charge on any atom is 0.126 e. The highest BCUT2D eigenvalue weighted by Gasteiger charge is 2.49. The van der Waals surface area contributed by atoms with E-state index in [2.05, 4.69) is 25.8 Å². The van der Waals surface area contributed by atoms with Crippen LogP contribution in [0.4, 0.5) is 0 Å². The van der Waals surface area contributed by atoms with Gasteiger partial charge in [0.2, 0.25) is 0 Å². The van der Waals surface area contributed by atoms with E-state index >= 15 is 0 Å². The summed E-state index contributed by atoms with van der Waals surface area (Å²) in [5.41, 5.74) is 0.462. The van der Waals surface area contributed by atoms with Crippen LogP contribution in [0.3, 0.4) is 0 Å². The molecular formula is C17H20O2. The Morgan fingerprint density at radius 1 is 1.26 bits per heavy atom. The van der Waals surface area contributed by atoms with Crippen LogP contribution in [-0.2, 0) is 4.74 Å². The normalized spacial score (nSPS) is 35.5. The number of para-hydroxylation sites is 1. The van der Waals surface area contributed by atoms with Crippen LogP contribution in [-0.4, -0.2) is 11.2 Å². The molecule has 1 aromatic rings. The molecular weight excluding hydrogens is 236 g/mol. The van der Waals surface area contributed by atoms with Crippen LogP contribution in [0.1, 0.15) is 45.3 Å². The van der Waals surface area contributed by atoms with Crippen LogP contribution in [0.15, 0.2) is 24.3 Å². The van der Waals surface area contributed by atoms with E-state index in [1.165, 1.54) is 0 Å². The lowest BCUT2D eigenvalue weighted by Gasteiger charge is -2.50. The van der Waals surface area contributed by atoms with Gasteiger partial charge in [-0.3, -0.25) is 0 Å². The van der Waals surface area contributed by atoms with Gasteiger partial charge in [-0.05, 0) is 39.7 Å². The molecule has 2 aliphatic heterocycles. The Hall–Kier alpha value is -1.46. The van der Waals surface area contributed by atoms with Gasteiger partial charge in [0.25, 0.3) is 0 Å². The molecule has 2 heteroatoms. The molecule has 19 heavy (non-hydrogen) atoms. The van der Waals surface area contributed by atoms with E-state index < -0.39 is 5.60 Å². The maximum atomic E-state index is 6.27. The Labute approximate surface area is 115 Å². The predicted octanol–water partition coefficient (Wildman–Crippen LogP) is 3.72. The summed E-state index contributed by atoms with van der Waals surface area (Å²) >= 11 is 0. The molecule has 3 rings (SSSR count). The van der Waals surface area contributed by atoms with Gasteiger partial charge in [-0.15, -0.1) is 6.42 Å². The van der Waals surface area contributed by atoms with Gasteiger partial charge in [-0.1, -0.05) is 24.1 Å². The molecule has 0 aromatic heterocycles. The molecule has 0 aliphatic carbocycles. The number of hydrogen-bond donors (Lipinski definition) is 0. The van der Waals surface area contributed by atoms with Crippen LogP contribution in [0, 0.1) is 18.3 Å². The summed E-state index contributed by atoms with van der Waals surface area (Å²) in [5, 5.41) is 0. The van der Waals surface area contributed by atoms with Crippen molar-refractivity contribution in [3.05, 3.63) is 29.8 Å². The molecule has 1 aromatic carbocycles. The highest BCUT2D eigenvalue weighted by Crippen LogP contribution is 2.52. The lowest BCUT2D eigenvalue weighted by Crippen LogP contribution is -2.50. The Morgan fingerprint density at radius 2 is 2.00 bits per heavy atom. The van der Waals surface area contributed by atoms with E-state index in [1.807, 2.05) is 25.1 Å². The summed E-state index contributed by atoms with van der Waals surface area (Å²) in [6.45, 7) is 6.29. The van der Waals surface area contributed by atoms with E-state index in [1.54, 1.807) is 0 Å². The molecule has 1 fully saturated rings. The topological polar surface area (TPSA) is 18.5 Å². The highest BCUT2D eigenvalue weighted by molar-refractivity contribution is 5.39. The number of benzene rings is 1. The lowest BCUT2D eigenvalue weighted by atomic mass is 9.73. The first kappa shape index (κ1) is 12.6. The van der Waals surface area contributed by atoms with Crippen LogP contribution >= 0.6 is 0 Å². The number of ether oxygens (including phenoxy) is 2. The van der Waals surface area contributed by atoms with Crippen molar-refractivity contribution >= 4 is 0 Å². The number of fused-ring (bicyclic) bond motifs is 3. The van der Waals surface area contributed by atoms with Gasteiger partial charge < -0.3 is 9.47 Å². The molecule has 1 saturated heterocycles. The van der Waals surface area contributed by atoms with Crippen molar-refractivity contribution in [2.24, 2.45) is 5.92 Å². The second-order valence-electron chi connectivity index (χ2n) is 6.30. The molecule has 3 atom stereocenters. The second-order valence-corrected chi connectivity index (χ2v) is 6.30. The minimum Gasteiger partial charge on any atom is -0.487 e. The van der Waals surface area contributed by atoms with Gasteiger partial charge in [-0.2, -0.15) is 0 Å². The number of hydrogen-bond acceptors (Lipinski definition) is 2. The zero-order valence-corrected chi connectivity index (χ0v) is 11.8. The first-order valence-corrected chi connectivity index (χ1v) is 6.89. The third-order valence-electron chi connectivity index (χ3n) is 4.48. The standard InChI is InChI=1S/C17H20O2/c1-5-17(4)11-10-13-15(19-17)12-8-6-7-9-14(12)18-16(13,2)3/h1,6-9,13,15H,10-11H2,2-4H3/t13-,15+,17+/m1/s1. The van der Waals surface area contributed by atoms with E-state index in [0.29, 0.717) is 5.92 Å². The van der Waals surface area contributed by atoms with E-state index in [4.69, 9.17) is 15.9 Å². The first-order valence-electron chi connectivity index (χ1n) is 6.89. The zero-order chi connectivity index (χ0) is 13.7. The monoisotopic (exact) mass is 256 g/mol. The minimum absolute atomic E-state index is 0.0368. The van der Waals surface area contributed by atoms with Gasteiger partial charge in [0, 0.05) is 11.5 Å². The smallest absolute Gasteiger partial charge is 0.126 e. The molecule has 100 valence electrons. The summed E-state index contributed by atoms with van der Waals surface area (Å²) in [6, 6.07) is 8.13. The quantitative estimate of drug-likeness (QED) is 0.659. The average Bonchev–Trinajstić information content (AvgIpc) is 2.38. The van der Waals surface area contributed by atoms with Crippen LogP contribution in [0.5, 0.6) is 5.75 Å². The fourth-order valence-corrected chi connectivity index (χ4v) is 3.27. The predicted molar refractivity (Wildman–Crippen MR) is 74.9 cm³/mol. The third kappa shape index (κ3) is 1.93. The summed E-state index contributed by atoms with van der Waals surface area (Å²) in [5.74, 6) is 4.09. The van der Waals surface area contributed by atoms with Gasteiger partial charge in [0.15, 0.2) is 0 Å². The fraction of sp³-hybridized carbons (Fsp3) is 0.529. The van der Waals surface area contributed by atoms with Gasteiger partial charge in [0.1, 0.15) is 17.0 Å². The molecule has 0 radical (unpaired) electrons. The third-order valence-corrected chi connectivity index (χ3v) is 4.48. The fourth-order valence-electron chi connectivity index (χ4n) is 3.27. The van der Waals surface area contributed by atoms with Crippen LogP contribution in [0.25, 0.3) is 0 Å². The van der Waals surface area contributed by atoms with E-state index in [0.717, 1.165) is 24.2 Å². The van der Waals surface area contributed by atoms with E-state index in [-0.39, 0.29) is 11.7 Å². The second kappa shape index (κ2) is 4.02. The van der Waals surface area contributed by atoms with Crippen molar-refractivity contribution < 1.29 is 9.47 Å². The summed E-state index contributed by atoms with van der Waals surface area (Å²) in [7, 11) is 0. The van der Waals surface area contributed by atoms with Crippen LogP contribution < -0.4 is 4.74 Å². The first-order chi connectivity index (χ1) is 8.95. The molecule has 2 nitrogen and oxygen atoms in total. The molecule has 0 N–H and O–H groups in total.